The van der Waals surface area contributed by atoms with Crippen LogP contribution in [0.4, 0.5) is 0 Å². The lowest BCUT2D eigenvalue weighted by Gasteiger charge is -2.33. The highest BCUT2D eigenvalue weighted by Gasteiger charge is 2.25. The lowest BCUT2D eigenvalue weighted by Crippen LogP contribution is -2.40. The molecule has 1 aliphatic heterocycles. The third-order valence-corrected chi connectivity index (χ3v) is 3.85. The van der Waals surface area contributed by atoms with Crippen molar-refractivity contribution < 1.29 is 14.6 Å². The third kappa shape index (κ3) is 3.26. The third-order valence-electron chi connectivity index (χ3n) is 3.85. The van der Waals surface area contributed by atoms with E-state index in [1.54, 1.807) is 31.4 Å². The summed E-state index contributed by atoms with van der Waals surface area (Å²) in [5.74, 6) is 1.14. The number of rotatable bonds is 3. The van der Waals surface area contributed by atoms with Gasteiger partial charge in [-0.1, -0.05) is 0 Å². The Bertz CT molecular complexity index is 420. The van der Waals surface area contributed by atoms with E-state index >= 15 is 0 Å². The summed E-state index contributed by atoms with van der Waals surface area (Å²) >= 11 is 0. The average molecular weight is 263 g/mol. The van der Waals surface area contributed by atoms with E-state index in [1.807, 2.05) is 11.8 Å². The molecule has 1 aromatic carbocycles. The Kier molecular flexibility index (Phi) is 4.43. The topological polar surface area (TPSA) is 49.8 Å². The first-order chi connectivity index (χ1) is 9.11. The monoisotopic (exact) mass is 263 g/mol. The van der Waals surface area contributed by atoms with Crippen molar-refractivity contribution in [2.45, 2.75) is 25.9 Å². The van der Waals surface area contributed by atoms with Gasteiger partial charge in [-0.2, -0.15) is 0 Å². The van der Waals surface area contributed by atoms with Crippen LogP contribution in [0.3, 0.4) is 0 Å². The molecule has 1 saturated heterocycles. The van der Waals surface area contributed by atoms with Crippen LogP contribution in [0.15, 0.2) is 24.3 Å². The molecule has 1 amide bonds. The summed E-state index contributed by atoms with van der Waals surface area (Å²) in [5.41, 5.74) is 0.691. The van der Waals surface area contributed by atoms with Crippen molar-refractivity contribution in [2.24, 2.45) is 5.92 Å². The van der Waals surface area contributed by atoms with Gasteiger partial charge in [0.1, 0.15) is 5.75 Å². The predicted octanol–water partition coefficient (Wildman–Crippen LogP) is 1.93. The van der Waals surface area contributed by atoms with Crippen molar-refractivity contribution in [1.82, 2.24) is 4.90 Å². The van der Waals surface area contributed by atoms with Crippen molar-refractivity contribution >= 4 is 5.91 Å². The van der Waals surface area contributed by atoms with Gasteiger partial charge in [-0.15, -0.1) is 0 Å². The molecule has 0 spiro atoms. The predicted molar refractivity (Wildman–Crippen MR) is 73.3 cm³/mol. The standard InChI is InChI=1S/C15H21NO3/c1-11(17)12-7-9-16(10-8-12)15(18)13-3-5-14(19-2)6-4-13/h3-6,11-12,17H,7-10H2,1-2H3. The van der Waals surface area contributed by atoms with E-state index in [4.69, 9.17) is 4.74 Å². The van der Waals surface area contributed by atoms with Crippen LogP contribution in [-0.2, 0) is 0 Å². The minimum atomic E-state index is -0.279. The van der Waals surface area contributed by atoms with Crippen LogP contribution in [0.5, 0.6) is 5.75 Å². The summed E-state index contributed by atoms with van der Waals surface area (Å²) in [7, 11) is 1.61. The number of amides is 1. The van der Waals surface area contributed by atoms with Gasteiger partial charge < -0.3 is 14.7 Å². The van der Waals surface area contributed by atoms with Crippen LogP contribution >= 0.6 is 0 Å². The second-order valence-corrected chi connectivity index (χ2v) is 5.10. The zero-order valence-electron chi connectivity index (χ0n) is 11.5. The van der Waals surface area contributed by atoms with Crippen LogP contribution in [-0.4, -0.2) is 42.2 Å². The highest BCUT2D eigenvalue weighted by atomic mass is 16.5. The van der Waals surface area contributed by atoms with Crippen LogP contribution in [0.2, 0.25) is 0 Å². The first kappa shape index (κ1) is 13.9. The molecule has 0 saturated carbocycles. The summed E-state index contributed by atoms with van der Waals surface area (Å²) < 4.78 is 5.08. The first-order valence-electron chi connectivity index (χ1n) is 6.73. The molecule has 2 rings (SSSR count). The van der Waals surface area contributed by atoms with Crippen LogP contribution in [0.1, 0.15) is 30.1 Å². The molecule has 1 heterocycles. The Morgan fingerprint density at radius 1 is 1.32 bits per heavy atom. The van der Waals surface area contributed by atoms with Crippen molar-refractivity contribution in [3.05, 3.63) is 29.8 Å². The summed E-state index contributed by atoms with van der Waals surface area (Å²) in [6.07, 6.45) is 1.47. The Hall–Kier alpha value is -1.55. The van der Waals surface area contributed by atoms with E-state index in [0.717, 1.165) is 31.7 Å². The molecule has 19 heavy (non-hydrogen) atoms. The number of aliphatic hydroxyl groups is 1. The van der Waals surface area contributed by atoms with E-state index in [0.29, 0.717) is 11.5 Å². The molecule has 4 nitrogen and oxygen atoms in total. The van der Waals surface area contributed by atoms with Crippen molar-refractivity contribution in [2.75, 3.05) is 20.2 Å². The van der Waals surface area contributed by atoms with E-state index in [9.17, 15) is 9.90 Å². The highest BCUT2D eigenvalue weighted by molar-refractivity contribution is 5.94. The lowest BCUT2D eigenvalue weighted by molar-refractivity contribution is 0.0521. The van der Waals surface area contributed by atoms with Crippen LogP contribution in [0.25, 0.3) is 0 Å². The molecule has 104 valence electrons. The SMILES string of the molecule is COc1ccc(C(=O)N2CCC(C(C)O)CC2)cc1. The van der Waals surface area contributed by atoms with Crippen molar-refractivity contribution in [3.8, 4) is 5.75 Å². The summed E-state index contributed by atoms with van der Waals surface area (Å²) in [6, 6.07) is 7.19. The molecule has 0 aliphatic carbocycles. The maximum Gasteiger partial charge on any atom is 0.253 e. The Labute approximate surface area is 114 Å². The van der Waals surface area contributed by atoms with Gasteiger partial charge in [-0.05, 0) is 49.9 Å². The summed E-state index contributed by atoms with van der Waals surface area (Å²) in [4.78, 5) is 14.2. The Morgan fingerprint density at radius 3 is 2.37 bits per heavy atom. The molecule has 4 heteroatoms. The summed E-state index contributed by atoms with van der Waals surface area (Å²) in [5, 5.41) is 9.56. The maximum atomic E-state index is 12.3. The van der Waals surface area contributed by atoms with Gasteiger partial charge >= 0.3 is 0 Å². The molecule has 1 aromatic rings. The van der Waals surface area contributed by atoms with Crippen molar-refractivity contribution in [3.63, 3.8) is 0 Å². The molecule has 0 radical (unpaired) electrons. The van der Waals surface area contributed by atoms with Gasteiger partial charge in [0.2, 0.25) is 0 Å². The second kappa shape index (κ2) is 6.06. The van der Waals surface area contributed by atoms with Gasteiger partial charge in [0.25, 0.3) is 5.91 Å². The number of aliphatic hydroxyl groups excluding tert-OH is 1. The minimum absolute atomic E-state index is 0.0618. The Morgan fingerprint density at radius 2 is 1.89 bits per heavy atom. The number of carbonyl (C=O) groups excluding carboxylic acids is 1. The number of piperidine rings is 1. The molecular formula is C15H21NO3. The van der Waals surface area contributed by atoms with E-state index in [2.05, 4.69) is 0 Å². The van der Waals surface area contributed by atoms with Crippen LogP contribution < -0.4 is 4.74 Å². The number of benzene rings is 1. The zero-order chi connectivity index (χ0) is 13.8. The van der Waals surface area contributed by atoms with Gasteiger partial charge in [0, 0.05) is 18.7 Å². The van der Waals surface area contributed by atoms with Crippen LogP contribution in [0, 0.1) is 5.92 Å². The Balaban J connectivity index is 1.97. The quantitative estimate of drug-likeness (QED) is 0.906. The smallest absolute Gasteiger partial charge is 0.253 e. The van der Waals surface area contributed by atoms with E-state index in [1.165, 1.54) is 0 Å². The number of methoxy groups -OCH3 is 1. The van der Waals surface area contributed by atoms with Crippen molar-refractivity contribution in [1.29, 1.82) is 0 Å². The molecule has 0 bridgehead atoms. The lowest BCUT2D eigenvalue weighted by atomic mass is 9.92. The van der Waals surface area contributed by atoms with E-state index < -0.39 is 0 Å². The van der Waals surface area contributed by atoms with Gasteiger partial charge in [-0.3, -0.25) is 4.79 Å². The highest BCUT2D eigenvalue weighted by Crippen LogP contribution is 2.22. The van der Waals surface area contributed by atoms with E-state index in [-0.39, 0.29) is 12.0 Å². The first-order valence-corrected chi connectivity index (χ1v) is 6.73. The molecule has 1 N–H and O–H groups in total. The fraction of sp³-hybridized carbons (Fsp3) is 0.533. The molecule has 1 atom stereocenters. The van der Waals surface area contributed by atoms with Gasteiger partial charge in [0.15, 0.2) is 0 Å². The number of likely N-dealkylation sites (tertiary alicyclic amines) is 1. The zero-order valence-corrected chi connectivity index (χ0v) is 11.5. The fourth-order valence-corrected chi connectivity index (χ4v) is 2.50. The largest absolute Gasteiger partial charge is 0.497 e. The molecule has 1 unspecified atom stereocenters. The number of hydrogen-bond donors (Lipinski definition) is 1. The molecular weight excluding hydrogens is 242 g/mol. The number of hydrogen-bond acceptors (Lipinski definition) is 3. The number of carbonyl (C=O) groups is 1. The second-order valence-electron chi connectivity index (χ2n) is 5.10. The molecule has 1 aliphatic rings. The number of nitrogens with zero attached hydrogens (tertiary/aromatic N) is 1. The maximum absolute atomic E-state index is 12.3. The molecule has 0 aromatic heterocycles. The fourth-order valence-electron chi connectivity index (χ4n) is 2.50. The minimum Gasteiger partial charge on any atom is -0.497 e. The average Bonchev–Trinajstić information content (AvgIpc) is 2.46. The normalized spacial score (nSPS) is 18.2. The van der Waals surface area contributed by atoms with Gasteiger partial charge in [-0.25, -0.2) is 0 Å². The number of ether oxygens (including phenoxy) is 1. The molecule has 1 fully saturated rings. The summed E-state index contributed by atoms with van der Waals surface area (Å²) in [6.45, 7) is 3.27. The van der Waals surface area contributed by atoms with Gasteiger partial charge in [0.05, 0.1) is 13.2 Å².